The van der Waals surface area contributed by atoms with Gasteiger partial charge in [-0.05, 0) is 43.0 Å². The van der Waals surface area contributed by atoms with E-state index in [1.54, 1.807) is 0 Å². The minimum Gasteiger partial charge on any atom is -0.449 e. The van der Waals surface area contributed by atoms with Gasteiger partial charge in [0.15, 0.2) is 0 Å². The van der Waals surface area contributed by atoms with Crippen molar-refractivity contribution >= 4 is 18.5 Å². The summed E-state index contributed by atoms with van der Waals surface area (Å²) in [6.45, 7) is 8.76. The number of amides is 1. The van der Waals surface area contributed by atoms with E-state index >= 15 is 0 Å². The van der Waals surface area contributed by atoms with Gasteiger partial charge in [-0.15, -0.1) is 12.4 Å². The Labute approximate surface area is 208 Å². The molecule has 1 aliphatic rings. The van der Waals surface area contributed by atoms with E-state index in [0.717, 1.165) is 0 Å². The van der Waals surface area contributed by atoms with Crippen LogP contribution >= 0.6 is 12.4 Å². The fourth-order valence-electron chi connectivity index (χ4n) is 3.83. The molecule has 0 aromatic heterocycles. The highest BCUT2D eigenvalue weighted by Crippen LogP contribution is 2.44. The van der Waals surface area contributed by atoms with Crippen LogP contribution in [-0.4, -0.2) is 63.9 Å². The minimum absolute atomic E-state index is 0. The maximum Gasteiger partial charge on any atom is 0.407 e. The Morgan fingerprint density at radius 1 is 0.941 bits per heavy atom. The number of carbonyl (C=O) groups is 1. The van der Waals surface area contributed by atoms with Crippen molar-refractivity contribution in [2.24, 2.45) is 5.73 Å². The normalized spacial score (nSPS) is 13.5. The number of carbonyl (C=O) groups excluding carboxylic acids is 1. The van der Waals surface area contributed by atoms with Gasteiger partial charge < -0.3 is 30.0 Å². The molecule has 0 saturated carbocycles. The summed E-state index contributed by atoms with van der Waals surface area (Å²) < 4.78 is 22.2. The largest absolute Gasteiger partial charge is 0.449 e. The highest BCUT2D eigenvalue weighted by molar-refractivity contribution is 5.85. The molecule has 34 heavy (non-hydrogen) atoms. The zero-order valence-electron chi connectivity index (χ0n) is 20.3. The molecule has 2 aromatic carbocycles. The lowest BCUT2D eigenvalue weighted by Gasteiger charge is -2.20. The van der Waals surface area contributed by atoms with Gasteiger partial charge in [-0.2, -0.15) is 0 Å². The molecule has 0 radical (unpaired) electrons. The number of alkyl carbamates (subject to hydrolysis) is 1. The van der Waals surface area contributed by atoms with Gasteiger partial charge in [0.05, 0.1) is 44.7 Å². The van der Waals surface area contributed by atoms with E-state index in [0.29, 0.717) is 33.0 Å². The van der Waals surface area contributed by atoms with Crippen LogP contribution in [0, 0.1) is 0 Å². The van der Waals surface area contributed by atoms with E-state index in [-0.39, 0.29) is 43.1 Å². The number of halogens is 1. The Balaban J connectivity index is 0.00000408. The fourth-order valence-corrected chi connectivity index (χ4v) is 3.83. The van der Waals surface area contributed by atoms with Crippen molar-refractivity contribution < 1.29 is 23.7 Å². The summed E-state index contributed by atoms with van der Waals surface area (Å²) in [4.78, 5) is 12.4. The second-order valence-corrected chi connectivity index (χ2v) is 9.05. The molecule has 0 bridgehead atoms. The van der Waals surface area contributed by atoms with Crippen molar-refractivity contribution in [3.8, 4) is 11.1 Å². The number of rotatable bonds is 12. The molecule has 1 atom stereocenters. The summed E-state index contributed by atoms with van der Waals surface area (Å²) in [5, 5.41) is 2.79. The van der Waals surface area contributed by atoms with Crippen molar-refractivity contribution in [3.05, 3.63) is 59.7 Å². The number of nitrogens with one attached hydrogen (secondary N) is 1. The summed E-state index contributed by atoms with van der Waals surface area (Å²) in [6.07, 6.45) is -0.494. The number of nitrogens with two attached hydrogens (primary N) is 1. The van der Waals surface area contributed by atoms with Gasteiger partial charge in [0.25, 0.3) is 0 Å². The predicted molar refractivity (Wildman–Crippen MR) is 136 cm³/mol. The monoisotopic (exact) mass is 492 g/mol. The van der Waals surface area contributed by atoms with E-state index in [1.165, 1.54) is 22.3 Å². The van der Waals surface area contributed by atoms with E-state index < -0.39 is 6.09 Å². The molecule has 188 valence electrons. The number of ether oxygens (including phenoxy) is 4. The summed E-state index contributed by atoms with van der Waals surface area (Å²) >= 11 is 0. The summed E-state index contributed by atoms with van der Waals surface area (Å²) in [7, 11) is 0. The van der Waals surface area contributed by atoms with E-state index in [9.17, 15) is 4.79 Å². The van der Waals surface area contributed by atoms with Crippen LogP contribution in [0.25, 0.3) is 11.1 Å². The lowest BCUT2D eigenvalue weighted by atomic mass is 9.98. The molecule has 2 aromatic rings. The maximum absolute atomic E-state index is 12.4. The van der Waals surface area contributed by atoms with Gasteiger partial charge in [-0.25, -0.2) is 4.79 Å². The van der Waals surface area contributed by atoms with Gasteiger partial charge in [0, 0.05) is 12.5 Å². The second-order valence-electron chi connectivity index (χ2n) is 9.05. The second kappa shape index (κ2) is 13.7. The predicted octanol–water partition coefficient (Wildman–Crippen LogP) is 4.12. The molecule has 3 N–H and O–H groups in total. The molecule has 0 fully saturated rings. The smallest absolute Gasteiger partial charge is 0.407 e. The first-order valence-electron chi connectivity index (χ1n) is 11.5. The van der Waals surface area contributed by atoms with Gasteiger partial charge in [0.2, 0.25) is 0 Å². The number of fused-ring (bicyclic) bond motifs is 3. The van der Waals surface area contributed by atoms with E-state index in [4.69, 9.17) is 24.7 Å². The standard InChI is InChI=1S/C26H36N2O5.ClH/c1-26(2,3)33-15-14-30-12-13-31-17-19(16-27)28-25(29)32-18-24-22-10-6-4-8-20(22)21-9-5-7-11-23(21)24;/h4-11,19,24H,12-18,27H2,1-3H3,(H,28,29);1H/t19-;/m1./s1. The van der Waals surface area contributed by atoms with Crippen LogP contribution in [0.15, 0.2) is 48.5 Å². The maximum atomic E-state index is 12.4. The Kier molecular flexibility index (Phi) is 11.3. The van der Waals surface area contributed by atoms with Gasteiger partial charge >= 0.3 is 6.09 Å². The quantitative estimate of drug-likeness (QED) is 0.433. The van der Waals surface area contributed by atoms with Crippen LogP contribution in [0.3, 0.4) is 0 Å². The molecule has 0 unspecified atom stereocenters. The van der Waals surface area contributed by atoms with Crippen LogP contribution in [-0.2, 0) is 18.9 Å². The summed E-state index contributed by atoms with van der Waals surface area (Å²) in [5.74, 6) is 0.0233. The first-order chi connectivity index (χ1) is 15.9. The molecule has 3 rings (SSSR count). The highest BCUT2D eigenvalue weighted by Gasteiger charge is 2.29. The highest BCUT2D eigenvalue weighted by atomic mass is 35.5. The van der Waals surface area contributed by atoms with E-state index in [1.807, 2.05) is 45.0 Å². The zero-order valence-corrected chi connectivity index (χ0v) is 21.1. The molecular weight excluding hydrogens is 456 g/mol. The van der Waals surface area contributed by atoms with Crippen LogP contribution in [0.1, 0.15) is 37.8 Å². The Bertz CT molecular complexity index is 857. The third-order valence-electron chi connectivity index (χ3n) is 5.40. The molecule has 8 heteroatoms. The summed E-state index contributed by atoms with van der Waals surface area (Å²) in [5.41, 5.74) is 10.4. The lowest BCUT2D eigenvalue weighted by Crippen LogP contribution is -2.44. The third kappa shape index (κ3) is 8.25. The van der Waals surface area contributed by atoms with Gasteiger partial charge in [0.1, 0.15) is 6.61 Å². The Morgan fingerprint density at radius 2 is 1.50 bits per heavy atom. The van der Waals surface area contributed by atoms with E-state index in [2.05, 4.69) is 29.6 Å². The molecule has 1 amide bonds. The number of hydrogen-bond donors (Lipinski definition) is 2. The Morgan fingerprint density at radius 3 is 2.09 bits per heavy atom. The topological polar surface area (TPSA) is 92.0 Å². The first-order valence-corrected chi connectivity index (χ1v) is 11.5. The first kappa shape index (κ1) is 28.1. The van der Waals surface area contributed by atoms with Crippen molar-refractivity contribution in [1.82, 2.24) is 5.32 Å². The van der Waals surface area contributed by atoms with Crippen LogP contribution in [0.4, 0.5) is 4.79 Å². The third-order valence-corrected chi connectivity index (χ3v) is 5.40. The molecule has 0 heterocycles. The zero-order chi connectivity index (χ0) is 23.7. The van der Waals surface area contributed by atoms with Crippen molar-refractivity contribution in [3.63, 3.8) is 0 Å². The minimum atomic E-state index is -0.494. The summed E-state index contributed by atoms with van der Waals surface area (Å²) in [6, 6.07) is 16.2. The molecule has 0 saturated heterocycles. The lowest BCUT2D eigenvalue weighted by molar-refractivity contribution is -0.0431. The molecule has 0 spiro atoms. The fraction of sp³-hybridized carbons (Fsp3) is 0.500. The molecule has 1 aliphatic carbocycles. The average Bonchev–Trinajstić information content (AvgIpc) is 3.11. The van der Waals surface area contributed by atoms with Gasteiger partial charge in [-0.1, -0.05) is 48.5 Å². The van der Waals surface area contributed by atoms with Crippen LogP contribution in [0.2, 0.25) is 0 Å². The van der Waals surface area contributed by atoms with Crippen molar-refractivity contribution in [2.75, 3.05) is 46.2 Å². The van der Waals surface area contributed by atoms with Crippen molar-refractivity contribution in [1.29, 1.82) is 0 Å². The average molecular weight is 493 g/mol. The molecule has 0 aliphatic heterocycles. The molecular formula is C26H37ClN2O5. The SMILES string of the molecule is CC(C)(C)OCCOCCOC[C@@H](CN)NC(=O)OCC1c2ccccc2-c2ccccc21.Cl. The van der Waals surface area contributed by atoms with Crippen LogP contribution < -0.4 is 11.1 Å². The number of benzene rings is 2. The number of hydrogen-bond acceptors (Lipinski definition) is 6. The Hall–Kier alpha value is -2.16. The molecule has 7 nitrogen and oxygen atoms in total. The van der Waals surface area contributed by atoms with Gasteiger partial charge in [-0.3, -0.25) is 0 Å². The van der Waals surface area contributed by atoms with Crippen LogP contribution in [0.5, 0.6) is 0 Å². The van der Waals surface area contributed by atoms with Crippen molar-refractivity contribution in [2.45, 2.75) is 38.3 Å².